The van der Waals surface area contributed by atoms with Crippen LogP contribution in [0.1, 0.15) is 24.8 Å². The Bertz CT molecular complexity index is 803. The van der Waals surface area contributed by atoms with Gasteiger partial charge in [-0.25, -0.2) is 4.98 Å². The number of amides is 1. The van der Waals surface area contributed by atoms with Crippen molar-refractivity contribution in [2.45, 2.75) is 35.8 Å². The third-order valence-electron chi connectivity index (χ3n) is 4.51. The van der Waals surface area contributed by atoms with Gasteiger partial charge in [0, 0.05) is 42.4 Å². The molecule has 3 rings (SSSR count). The number of rotatable bonds is 8. The predicted octanol–water partition coefficient (Wildman–Crippen LogP) is 3.21. The van der Waals surface area contributed by atoms with Crippen molar-refractivity contribution in [2.75, 3.05) is 25.5 Å². The zero-order chi connectivity index (χ0) is 19.8. The summed E-state index contributed by atoms with van der Waals surface area (Å²) in [6, 6.07) is 14.2. The van der Waals surface area contributed by atoms with Crippen molar-refractivity contribution in [3.8, 4) is 0 Å². The number of carbonyl (C=O) groups is 1. The molecule has 7 heteroatoms. The van der Waals surface area contributed by atoms with Crippen LogP contribution in [0.4, 0.5) is 5.82 Å². The molecule has 0 bridgehead atoms. The van der Waals surface area contributed by atoms with E-state index >= 15 is 0 Å². The maximum atomic E-state index is 12.0. The molecular weight excluding hydrogens is 370 g/mol. The van der Waals surface area contributed by atoms with Crippen LogP contribution in [0.5, 0.6) is 0 Å². The first-order chi connectivity index (χ1) is 13.6. The van der Waals surface area contributed by atoms with E-state index in [0.717, 1.165) is 18.1 Å². The van der Waals surface area contributed by atoms with Gasteiger partial charge in [-0.05, 0) is 43.5 Å². The van der Waals surface area contributed by atoms with Crippen LogP contribution in [0, 0.1) is 6.92 Å². The number of benzene rings is 1. The fourth-order valence-corrected chi connectivity index (χ4v) is 3.94. The molecule has 1 fully saturated rings. The van der Waals surface area contributed by atoms with Crippen LogP contribution in [-0.4, -0.2) is 41.7 Å². The van der Waals surface area contributed by atoms with E-state index in [0.29, 0.717) is 18.8 Å². The van der Waals surface area contributed by atoms with Gasteiger partial charge in [0.1, 0.15) is 5.82 Å². The van der Waals surface area contributed by atoms with E-state index < -0.39 is 0 Å². The molecule has 6 nitrogen and oxygen atoms in total. The van der Waals surface area contributed by atoms with E-state index in [9.17, 15) is 4.79 Å². The minimum atomic E-state index is -0.0717. The van der Waals surface area contributed by atoms with Crippen molar-refractivity contribution in [2.24, 2.45) is 4.99 Å². The molecule has 1 aliphatic rings. The highest BCUT2D eigenvalue weighted by Gasteiger charge is 2.43. The predicted molar refractivity (Wildman–Crippen MR) is 116 cm³/mol. The number of nitrogens with one attached hydrogen (secondary N) is 3. The summed E-state index contributed by atoms with van der Waals surface area (Å²) in [4.78, 5) is 21.8. The van der Waals surface area contributed by atoms with Crippen molar-refractivity contribution in [1.29, 1.82) is 0 Å². The molecule has 0 saturated heterocycles. The lowest BCUT2D eigenvalue weighted by Crippen LogP contribution is -2.42. The van der Waals surface area contributed by atoms with E-state index in [-0.39, 0.29) is 10.7 Å². The zero-order valence-corrected chi connectivity index (χ0v) is 17.2. The molecule has 1 amide bonds. The lowest BCUT2D eigenvalue weighted by Gasteiger charge is -2.18. The van der Waals surface area contributed by atoms with Crippen LogP contribution in [0.3, 0.4) is 0 Å². The molecule has 0 spiro atoms. The van der Waals surface area contributed by atoms with Crippen molar-refractivity contribution in [3.05, 3.63) is 54.2 Å². The largest absolute Gasteiger partial charge is 0.356 e. The first-order valence-electron chi connectivity index (χ1n) is 9.50. The van der Waals surface area contributed by atoms with Gasteiger partial charge in [0.25, 0.3) is 0 Å². The van der Waals surface area contributed by atoms with Crippen LogP contribution in [0.25, 0.3) is 0 Å². The topological polar surface area (TPSA) is 78.4 Å². The number of hydrogen-bond acceptors (Lipinski definition) is 4. The second-order valence-electron chi connectivity index (χ2n) is 6.97. The SMILES string of the molecule is CN=C(NCCC(=O)Nc1ccc(C)cn1)NCC1(Sc2ccccc2)CC1. The highest BCUT2D eigenvalue weighted by atomic mass is 32.2. The van der Waals surface area contributed by atoms with Gasteiger partial charge in [-0.3, -0.25) is 9.79 Å². The lowest BCUT2D eigenvalue weighted by molar-refractivity contribution is -0.116. The standard InChI is InChI=1S/C21H27N5OS/c1-16-8-9-18(24-14-16)26-19(27)10-13-23-20(22-2)25-15-21(11-12-21)28-17-6-4-3-5-7-17/h3-9,14H,10-13,15H2,1-2H3,(H2,22,23,25)(H,24,26,27). The normalized spacial score (nSPS) is 15.0. The molecule has 2 aromatic rings. The molecule has 1 aromatic carbocycles. The summed E-state index contributed by atoms with van der Waals surface area (Å²) in [7, 11) is 1.75. The summed E-state index contributed by atoms with van der Waals surface area (Å²) in [5.74, 6) is 1.23. The average Bonchev–Trinajstić information content (AvgIpc) is 3.46. The number of guanidine groups is 1. The third-order valence-corrected chi connectivity index (χ3v) is 6.00. The Morgan fingerprint density at radius 1 is 1.18 bits per heavy atom. The minimum Gasteiger partial charge on any atom is -0.356 e. The molecule has 1 aliphatic carbocycles. The van der Waals surface area contributed by atoms with Gasteiger partial charge in [-0.1, -0.05) is 24.3 Å². The molecule has 28 heavy (non-hydrogen) atoms. The Hall–Kier alpha value is -2.54. The summed E-state index contributed by atoms with van der Waals surface area (Å²) in [5.41, 5.74) is 1.06. The molecule has 148 valence electrons. The van der Waals surface area contributed by atoms with E-state index in [1.54, 1.807) is 19.3 Å². The van der Waals surface area contributed by atoms with Crippen molar-refractivity contribution < 1.29 is 4.79 Å². The summed E-state index contributed by atoms with van der Waals surface area (Å²) in [6.45, 7) is 3.33. The van der Waals surface area contributed by atoms with Gasteiger partial charge < -0.3 is 16.0 Å². The van der Waals surface area contributed by atoms with E-state index in [4.69, 9.17) is 0 Å². The molecule has 0 aliphatic heterocycles. The van der Waals surface area contributed by atoms with E-state index in [1.807, 2.05) is 30.8 Å². The quantitative estimate of drug-likeness (QED) is 0.471. The zero-order valence-electron chi connectivity index (χ0n) is 16.4. The minimum absolute atomic E-state index is 0.0717. The molecule has 0 radical (unpaired) electrons. The number of pyridine rings is 1. The maximum Gasteiger partial charge on any atom is 0.227 e. The van der Waals surface area contributed by atoms with Crippen LogP contribution < -0.4 is 16.0 Å². The second kappa shape index (κ2) is 9.59. The number of carbonyl (C=O) groups excluding carboxylic acids is 1. The number of aromatic nitrogens is 1. The summed E-state index contributed by atoms with van der Waals surface area (Å²) < 4.78 is 0.244. The Morgan fingerprint density at radius 3 is 2.61 bits per heavy atom. The Morgan fingerprint density at radius 2 is 1.96 bits per heavy atom. The maximum absolute atomic E-state index is 12.0. The summed E-state index contributed by atoms with van der Waals surface area (Å²) >= 11 is 1.92. The second-order valence-corrected chi connectivity index (χ2v) is 8.51. The number of thioether (sulfide) groups is 1. The third kappa shape index (κ3) is 6.27. The van der Waals surface area contributed by atoms with Gasteiger partial charge in [0.15, 0.2) is 5.96 Å². The van der Waals surface area contributed by atoms with Gasteiger partial charge in [0.2, 0.25) is 5.91 Å². The van der Waals surface area contributed by atoms with Crippen molar-refractivity contribution >= 4 is 29.4 Å². The molecule has 3 N–H and O–H groups in total. The van der Waals surface area contributed by atoms with Crippen LogP contribution in [0.2, 0.25) is 0 Å². The number of hydrogen-bond donors (Lipinski definition) is 3. The summed E-state index contributed by atoms with van der Waals surface area (Å²) in [5, 5.41) is 9.40. The van der Waals surface area contributed by atoms with Gasteiger partial charge in [0.05, 0.1) is 0 Å². The fraction of sp³-hybridized carbons (Fsp3) is 0.381. The number of nitrogens with zero attached hydrogens (tertiary/aromatic N) is 2. The molecule has 1 aromatic heterocycles. The monoisotopic (exact) mass is 397 g/mol. The van der Waals surface area contributed by atoms with Crippen molar-refractivity contribution in [3.63, 3.8) is 0 Å². The Balaban J connectivity index is 1.38. The summed E-state index contributed by atoms with van der Waals surface area (Å²) in [6.07, 6.45) is 4.48. The Kier molecular flexibility index (Phi) is 6.92. The van der Waals surface area contributed by atoms with E-state index in [1.165, 1.54) is 17.7 Å². The number of aryl methyl sites for hydroxylation is 1. The molecular formula is C21H27N5OS. The first kappa shape index (κ1) is 20.2. The van der Waals surface area contributed by atoms with Gasteiger partial charge in [-0.2, -0.15) is 0 Å². The van der Waals surface area contributed by atoms with Crippen LogP contribution in [-0.2, 0) is 4.79 Å². The van der Waals surface area contributed by atoms with E-state index in [2.05, 4.69) is 50.2 Å². The van der Waals surface area contributed by atoms with Crippen LogP contribution in [0.15, 0.2) is 58.5 Å². The molecule has 0 unspecified atom stereocenters. The Labute approximate surface area is 170 Å². The van der Waals surface area contributed by atoms with Gasteiger partial charge in [-0.15, -0.1) is 11.8 Å². The number of anilines is 1. The highest BCUT2D eigenvalue weighted by molar-refractivity contribution is 8.01. The molecule has 0 atom stereocenters. The first-order valence-corrected chi connectivity index (χ1v) is 10.3. The smallest absolute Gasteiger partial charge is 0.227 e. The average molecular weight is 398 g/mol. The highest BCUT2D eigenvalue weighted by Crippen LogP contribution is 2.51. The van der Waals surface area contributed by atoms with Crippen molar-refractivity contribution in [1.82, 2.24) is 15.6 Å². The molecule has 1 heterocycles. The van der Waals surface area contributed by atoms with Crippen LogP contribution >= 0.6 is 11.8 Å². The fourth-order valence-electron chi connectivity index (χ4n) is 2.70. The van der Waals surface area contributed by atoms with Gasteiger partial charge >= 0.3 is 0 Å². The lowest BCUT2D eigenvalue weighted by atomic mass is 10.3. The molecule has 1 saturated carbocycles. The number of aliphatic imine (C=N–C) groups is 1.